The molecule has 1 aromatic heterocycles. The molecular weight excluding hydrogens is 182 g/mol. The molecule has 0 bridgehead atoms. The Kier molecular flexibility index (Phi) is 2.26. The van der Waals surface area contributed by atoms with Gasteiger partial charge in [0, 0.05) is 12.7 Å². The third kappa shape index (κ3) is 1.40. The van der Waals surface area contributed by atoms with Gasteiger partial charge in [-0.25, -0.2) is 0 Å². The third-order valence-electron chi connectivity index (χ3n) is 2.48. The summed E-state index contributed by atoms with van der Waals surface area (Å²) in [6.45, 7) is 1.14. The van der Waals surface area contributed by atoms with Gasteiger partial charge < -0.3 is 20.8 Å². The molecule has 0 spiro atoms. The van der Waals surface area contributed by atoms with Gasteiger partial charge in [0.2, 0.25) is 5.91 Å². The first-order valence-electron chi connectivity index (χ1n) is 4.49. The fraction of sp³-hybridized carbons (Fsp3) is 0.444. The fourth-order valence-corrected chi connectivity index (χ4v) is 1.35. The predicted molar refractivity (Wildman–Crippen MR) is 51.7 cm³/mol. The number of H-pyrrole nitrogens is 1. The predicted octanol–water partition coefficient (Wildman–Crippen LogP) is -0.0715. The highest BCUT2D eigenvalue weighted by molar-refractivity contribution is 5.95. The molecule has 0 radical (unpaired) electrons. The Hall–Kier alpha value is -1.33. The lowest BCUT2D eigenvalue weighted by molar-refractivity contribution is -0.153. The summed E-state index contributed by atoms with van der Waals surface area (Å²) in [5, 5.41) is 2.76. The first kappa shape index (κ1) is 9.23. The largest absolute Gasteiger partial charge is 0.379 e. The number of hydrogen-bond donors (Lipinski definition) is 3. The van der Waals surface area contributed by atoms with Crippen LogP contribution in [0.15, 0.2) is 18.3 Å². The van der Waals surface area contributed by atoms with E-state index in [0.29, 0.717) is 25.6 Å². The highest BCUT2D eigenvalue weighted by atomic mass is 16.5. The highest BCUT2D eigenvalue weighted by Crippen LogP contribution is 2.27. The first-order chi connectivity index (χ1) is 6.77. The maximum atomic E-state index is 11.8. The molecule has 4 N–H and O–H groups in total. The second kappa shape index (κ2) is 3.43. The van der Waals surface area contributed by atoms with Crippen LogP contribution in [0.1, 0.15) is 0 Å². The molecule has 0 aromatic carbocycles. The Morgan fingerprint density at radius 3 is 2.93 bits per heavy atom. The maximum Gasteiger partial charge on any atom is 0.237 e. The molecule has 76 valence electrons. The summed E-state index contributed by atoms with van der Waals surface area (Å²) in [6, 6.07) is 3.61. The molecule has 1 fully saturated rings. The number of aromatic nitrogens is 1. The fourth-order valence-electron chi connectivity index (χ4n) is 1.35. The van der Waals surface area contributed by atoms with Crippen molar-refractivity contribution < 1.29 is 9.53 Å². The monoisotopic (exact) mass is 195 g/mol. The topological polar surface area (TPSA) is 80.1 Å². The van der Waals surface area contributed by atoms with E-state index in [-0.39, 0.29) is 5.91 Å². The second-order valence-electron chi connectivity index (χ2n) is 3.52. The van der Waals surface area contributed by atoms with Crippen LogP contribution in [0.3, 0.4) is 0 Å². The van der Waals surface area contributed by atoms with E-state index in [1.54, 1.807) is 12.3 Å². The normalized spacial score (nSPS) is 18.6. The van der Waals surface area contributed by atoms with Crippen LogP contribution in [0.5, 0.6) is 0 Å². The summed E-state index contributed by atoms with van der Waals surface area (Å²) >= 11 is 0. The molecule has 1 aromatic rings. The molecular formula is C9H13N3O2. The SMILES string of the molecule is NCC1(C(=O)Nc2ccc[nH]2)COC1. The van der Waals surface area contributed by atoms with Gasteiger partial charge in [0.15, 0.2) is 0 Å². The van der Waals surface area contributed by atoms with Crippen molar-refractivity contribution in [3.63, 3.8) is 0 Å². The van der Waals surface area contributed by atoms with Gasteiger partial charge in [0.25, 0.3) is 0 Å². The van der Waals surface area contributed by atoms with E-state index in [0.717, 1.165) is 0 Å². The lowest BCUT2D eigenvalue weighted by Gasteiger charge is -2.38. The van der Waals surface area contributed by atoms with Crippen LogP contribution in [-0.4, -0.2) is 30.6 Å². The summed E-state index contributed by atoms with van der Waals surface area (Å²) < 4.78 is 5.02. The minimum atomic E-state index is -0.523. The Labute approximate surface area is 81.6 Å². The first-order valence-corrected chi connectivity index (χ1v) is 4.49. The zero-order chi connectivity index (χ0) is 10.0. The summed E-state index contributed by atoms with van der Waals surface area (Å²) in [7, 11) is 0. The average Bonchev–Trinajstić information content (AvgIpc) is 2.55. The average molecular weight is 195 g/mol. The van der Waals surface area contributed by atoms with Crippen molar-refractivity contribution in [2.24, 2.45) is 11.1 Å². The van der Waals surface area contributed by atoms with E-state index < -0.39 is 5.41 Å². The summed E-state index contributed by atoms with van der Waals surface area (Å²) in [4.78, 5) is 14.7. The van der Waals surface area contributed by atoms with E-state index in [4.69, 9.17) is 10.5 Å². The van der Waals surface area contributed by atoms with Gasteiger partial charge in [-0.05, 0) is 12.1 Å². The van der Waals surface area contributed by atoms with E-state index in [1.807, 2.05) is 6.07 Å². The molecule has 0 saturated carbocycles. The van der Waals surface area contributed by atoms with Gasteiger partial charge in [-0.2, -0.15) is 0 Å². The maximum absolute atomic E-state index is 11.8. The van der Waals surface area contributed by atoms with Gasteiger partial charge in [-0.15, -0.1) is 0 Å². The summed E-state index contributed by atoms with van der Waals surface area (Å²) in [6.07, 6.45) is 1.75. The highest BCUT2D eigenvalue weighted by Gasteiger charge is 2.44. The van der Waals surface area contributed by atoms with Crippen LogP contribution in [0, 0.1) is 5.41 Å². The molecule has 0 unspecified atom stereocenters. The van der Waals surface area contributed by atoms with Crippen LogP contribution in [-0.2, 0) is 9.53 Å². The van der Waals surface area contributed by atoms with Gasteiger partial charge in [0.1, 0.15) is 11.2 Å². The third-order valence-corrected chi connectivity index (χ3v) is 2.48. The van der Waals surface area contributed by atoms with Gasteiger partial charge in [-0.3, -0.25) is 4.79 Å². The van der Waals surface area contributed by atoms with E-state index in [2.05, 4.69) is 10.3 Å². The molecule has 5 heteroatoms. The Morgan fingerprint density at radius 1 is 1.71 bits per heavy atom. The zero-order valence-electron chi connectivity index (χ0n) is 7.75. The lowest BCUT2D eigenvalue weighted by Crippen LogP contribution is -2.56. The van der Waals surface area contributed by atoms with Crippen molar-refractivity contribution in [2.45, 2.75) is 0 Å². The van der Waals surface area contributed by atoms with E-state index in [9.17, 15) is 4.79 Å². The smallest absolute Gasteiger partial charge is 0.237 e. The molecule has 0 atom stereocenters. The van der Waals surface area contributed by atoms with Crippen molar-refractivity contribution in [1.82, 2.24) is 4.98 Å². The number of amides is 1. The lowest BCUT2D eigenvalue weighted by atomic mass is 9.85. The Balaban J connectivity index is 2.01. The number of hydrogen-bond acceptors (Lipinski definition) is 3. The number of aromatic amines is 1. The number of rotatable bonds is 3. The molecule has 0 aliphatic carbocycles. The number of anilines is 1. The molecule has 5 nitrogen and oxygen atoms in total. The van der Waals surface area contributed by atoms with Crippen LogP contribution < -0.4 is 11.1 Å². The number of ether oxygens (including phenoxy) is 1. The van der Waals surface area contributed by atoms with E-state index >= 15 is 0 Å². The number of carbonyl (C=O) groups excluding carboxylic acids is 1. The molecule has 1 aliphatic heterocycles. The van der Waals surface area contributed by atoms with Crippen LogP contribution in [0.2, 0.25) is 0 Å². The molecule has 1 aliphatic rings. The number of nitrogens with one attached hydrogen (secondary N) is 2. The van der Waals surface area contributed by atoms with Gasteiger partial charge in [-0.1, -0.05) is 0 Å². The summed E-state index contributed by atoms with van der Waals surface area (Å²) in [5.74, 6) is 0.614. The van der Waals surface area contributed by atoms with Crippen molar-refractivity contribution in [3.05, 3.63) is 18.3 Å². The Bertz CT molecular complexity index is 311. The van der Waals surface area contributed by atoms with Crippen LogP contribution in [0.25, 0.3) is 0 Å². The quantitative estimate of drug-likeness (QED) is 0.631. The molecule has 14 heavy (non-hydrogen) atoms. The molecule has 2 heterocycles. The minimum absolute atomic E-state index is 0.0753. The second-order valence-corrected chi connectivity index (χ2v) is 3.52. The van der Waals surface area contributed by atoms with Gasteiger partial charge in [0.05, 0.1) is 13.2 Å². The van der Waals surface area contributed by atoms with Crippen molar-refractivity contribution in [1.29, 1.82) is 0 Å². The molecule has 2 rings (SSSR count). The molecule has 1 amide bonds. The number of carbonyl (C=O) groups is 1. The van der Waals surface area contributed by atoms with Crippen LogP contribution >= 0.6 is 0 Å². The molecule has 1 saturated heterocycles. The number of nitrogens with two attached hydrogens (primary N) is 1. The summed E-state index contributed by atoms with van der Waals surface area (Å²) in [5.41, 5.74) is 5.02. The minimum Gasteiger partial charge on any atom is -0.379 e. The van der Waals surface area contributed by atoms with Crippen molar-refractivity contribution in [3.8, 4) is 0 Å². The van der Waals surface area contributed by atoms with E-state index in [1.165, 1.54) is 0 Å². The Morgan fingerprint density at radius 2 is 2.50 bits per heavy atom. The standard InChI is InChI=1S/C9H13N3O2/c10-4-9(5-14-6-9)8(13)12-7-2-1-3-11-7/h1-3,11H,4-6,10H2,(H,12,13). The zero-order valence-corrected chi connectivity index (χ0v) is 7.75. The van der Waals surface area contributed by atoms with Crippen molar-refractivity contribution in [2.75, 3.05) is 25.1 Å². The van der Waals surface area contributed by atoms with Crippen LogP contribution in [0.4, 0.5) is 5.82 Å². The van der Waals surface area contributed by atoms with Crippen molar-refractivity contribution >= 4 is 11.7 Å². The van der Waals surface area contributed by atoms with Gasteiger partial charge >= 0.3 is 0 Å².